The molecule has 21 heavy (non-hydrogen) atoms. The zero-order chi connectivity index (χ0) is 14.7. The highest BCUT2D eigenvalue weighted by Gasteiger charge is 2.07. The molecule has 0 aliphatic heterocycles. The molecule has 0 atom stereocenters. The van der Waals surface area contributed by atoms with Gasteiger partial charge in [-0.2, -0.15) is 0 Å². The van der Waals surface area contributed by atoms with Crippen LogP contribution in [0.25, 0.3) is 10.6 Å². The van der Waals surface area contributed by atoms with Crippen LogP contribution in [-0.2, 0) is 0 Å². The molecular weight excluding hydrogens is 280 g/mol. The summed E-state index contributed by atoms with van der Waals surface area (Å²) >= 11 is 1.55. The van der Waals surface area contributed by atoms with Gasteiger partial charge < -0.3 is 10.2 Å². The number of hydrogen-bond acceptors (Lipinski definition) is 5. The Morgan fingerprint density at radius 1 is 0.905 bits per heavy atom. The molecule has 0 aliphatic carbocycles. The standard InChI is InChI=1S/C16H16N4S/c1-20(2)14-10-8-12(9-11-14)15-18-19-16(21-15)17-13-6-4-3-5-7-13/h3-11H,1-2H3,(H,17,19). The van der Waals surface area contributed by atoms with E-state index in [1.807, 2.05) is 44.4 Å². The van der Waals surface area contributed by atoms with Crippen molar-refractivity contribution in [2.45, 2.75) is 0 Å². The van der Waals surface area contributed by atoms with Crippen LogP contribution < -0.4 is 10.2 Å². The molecule has 0 bridgehead atoms. The second-order valence-corrected chi connectivity index (χ2v) is 5.82. The number of benzene rings is 2. The summed E-state index contributed by atoms with van der Waals surface area (Å²) in [6, 6.07) is 18.3. The minimum atomic E-state index is 0.799. The molecule has 3 aromatic rings. The summed E-state index contributed by atoms with van der Waals surface area (Å²) in [4.78, 5) is 2.08. The van der Waals surface area contributed by atoms with E-state index in [1.165, 1.54) is 5.69 Å². The maximum Gasteiger partial charge on any atom is 0.210 e. The van der Waals surface area contributed by atoms with Crippen LogP contribution in [0.15, 0.2) is 54.6 Å². The minimum Gasteiger partial charge on any atom is -0.378 e. The van der Waals surface area contributed by atoms with E-state index in [9.17, 15) is 0 Å². The number of para-hydroxylation sites is 1. The van der Waals surface area contributed by atoms with Gasteiger partial charge in [0.2, 0.25) is 5.13 Å². The van der Waals surface area contributed by atoms with Crippen LogP contribution >= 0.6 is 11.3 Å². The van der Waals surface area contributed by atoms with Crippen LogP contribution in [0.2, 0.25) is 0 Å². The van der Waals surface area contributed by atoms with Gasteiger partial charge in [0, 0.05) is 31.0 Å². The molecule has 0 unspecified atom stereocenters. The van der Waals surface area contributed by atoms with E-state index in [4.69, 9.17) is 0 Å². The van der Waals surface area contributed by atoms with Crippen molar-refractivity contribution in [3.63, 3.8) is 0 Å². The summed E-state index contributed by atoms with van der Waals surface area (Å²) in [7, 11) is 4.06. The molecule has 1 aromatic heterocycles. The highest BCUT2D eigenvalue weighted by atomic mass is 32.1. The highest BCUT2D eigenvalue weighted by molar-refractivity contribution is 7.18. The predicted octanol–water partition coefficient (Wildman–Crippen LogP) is 4.01. The van der Waals surface area contributed by atoms with E-state index in [0.717, 1.165) is 21.4 Å². The third-order valence-corrected chi connectivity index (χ3v) is 3.97. The third-order valence-electron chi connectivity index (χ3n) is 3.08. The monoisotopic (exact) mass is 296 g/mol. The Labute approximate surface area is 128 Å². The average molecular weight is 296 g/mol. The molecule has 0 saturated heterocycles. The largest absolute Gasteiger partial charge is 0.378 e. The lowest BCUT2D eigenvalue weighted by atomic mass is 10.2. The maximum atomic E-state index is 4.25. The summed E-state index contributed by atoms with van der Waals surface area (Å²) in [6.45, 7) is 0. The molecule has 106 valence electrons. The number of aromatic nitrogens is 2. The number of rotatable bonds is 4. The van der Waals surface area contributed by atoms with Crippen LogP contribution in [0.4, 0.5) is 16.5 Å². The Hall–Kier alpha value is -2.40. The Morgan fingerprint density at radius 3 is 2.29 bits per heavy atom. The quantitative estimate of drug-likeness (QED) is 0.789. The van der Waals surface area contributed by atoms with Crippen molar-refractivity contribution in [3.8, 4) is 10.6 Å². The molecule has 1 N–H and O–H groups in total. The highest BCUT2D eigenvalue weighted by Crippen LogP contribution is 2.29. The van der Waals surface area contributed by atoms with E-state index in [-0.39, 0.29) is 0 Å². The lowest BCUT2D eigenvalue weighted by molar-refractivity contribution is 1.10. The fourth-order valence-corrected chi connectivity index (χ4v) is 2.71. The van der Waals surface area contributed by atoms with Crippen LogP contribution in [0, 0.1) is 0 Å². The molecule has 4 nitrogen and oxygen atoms in total. The van der Waals surface area contributed by atoms with Gasteiger partial charge in [-0.05, 0) is 36.4 Å². The molecule has 0 saturated carbocycles. The van der Waals surface area contributed by atoms with Crippen molar-refractivity contribution < 1.29 is 0 Å². The fraction of sp³-hybridized carbons (Fsp3) is 0.125. The zero-order valence-electron chi connectivity index (χ0n) is 11.9. The lowest BCUT2D eigenvalue weighted by Crippen LogP contribution is -2.07. The second-order valence-electron chi connectivity index (χ2n) is 4.84. The lowest BCUT2D eigenvalue weighted by Gasteiger charge is -2.11. The first-order valence-corrected chi connectivity index (χ1v) is 7.47. The van der Waals surface area contributed by atoms with E-state index in [2.05, 4.69) is 44.7 Å². The first-order valence-electron chi connectivity index (χ1n) is 6.66. The van der Waals surface area contributed by atoms with E-state index >= 15 is 0 Å². The summed E-state index contributed by atoms with van der Waals surface area (Å²) in [5.41, 5.74) is 3.27. The first kappa shape index (κ1) is 13.6. The normalized spacial score (nSPS) is 10.4. The van der Waals surface area contributed by atoms with Gasteiger partial charge in [-0.15, -0.1) is 10.2 Å². The van der Waals surface area contributed by atoms with Crippen molar-refractivity contribution in [1.29, 1.82) is 0 Å². The second kappa shape index (κ2) is 5.93. The van der Waals surface area contributed by atoms with Crippen LogP contribution in [-0.4, -0.2) is 24.3 Å². The van der Waals surface area contributed by atoms with Gasteiger partial charge in [-0.25, -0.2) is 0 Å². The average Bonchev–Trinajstić information content (AvgIpc) is 2.97. The summed E-state index contributed by atoms with van der Waals surface area (Å²) < 4.78 is 0. The summed E-state index contributed by atoms with van der Waals surface area (Å²) in [5.74, 6) is 0. The molecule has 0 fully saturated rings. The molecule has 0 aliphatic rings. The summed E-state index contributed by atoms with van der Waals surface area (Å²) in [6.07, 6.45) is 0. The zero-order valence-corrected chi connectivity index (χ0v) is 12.8. The Balaban J connectivity index is 1.78. The SMILES string of the molecule is CN(C)c1ccc(-c2nnc(Nc3ccccc3)s2)cc1. The van der Waals surface area contributed by atoms with Crippen molar-refractivity contribution in [2.75, 3.05) is 24.3 Å². The first-order chi connectivity index (χ1) is 10.2. The predicted molar refractivity (Wildman–Crippen MR) is 89.4 cm³/mol. The van der Waals surface area contributed by atoms with Gasteiger partial charge in [-0.3, -0.25) is 0 Å². The van der Waals surface area contributed by atoms with Gasteiger partial charge in [-0.1, -0.05) is 29.5 Å². The maximum absolute atomic E-state index is 4.25. The van der Waals surface area contributed by atoms with Crippen molar-refractivity contribution >= 4 is 27.8 Å². The number of nitrogens with one attached hydrogen (secondary N) is 1. The van der Waals surface area contributed by atoms with Gasteiger partial charge in [0.1, 0.15) is 5.01 Å². The van der Waals surface area contributed by atoms with Gasteiger partial charge >= 0.3 is 0 Å². The van der Waals surface area contributed by atoms with Gasteiger partial charge in [0.25, 0.3) is 0 Å². The van der Waals surface area contributed by atoms with Crippen molar-refractivity contribution in [3.05, 3.63) is 54.6 Å². The minimum absolute atomic E-state index is 0.799. The molecule has 1 heterocycles. The third kappa shape index (κ3) is 3.20. The Morgan fingerprint density at radius 2 is 1.62 bits per heavy atom. The van der Waals surface area contributed by atoms with E-state index in [0.29, 0.717) is 0 Å². The van der Waals surface area contributed by atoms with Gasteiger partial charge in [0.05, 0.1) is 0 Å². The van der Waals surface area contributed by atoms with Crippen molar-refractivity contribution in [2.24, 2.45) is 0 Å². The van der Waals surface area contributed by atoms with Crippen LogP contribution in [0.3, 0.4) is 0 Å². The number of anilines is 3. The Kier molecular flexibility index (Phi) is 3.83. The Bertz CT molecular complexity index is 705. The summed E-state index contributed by atoms with van der Waals surface area (Å²) in [5, 5.41) is 13.4. The molecule has 2 aromatic carbocycles. The molecule has 5 heteroatoms. The van der Waals surface area contributed by atoms with E-state index < -0.39 is 0 Å². The molecule has 3 rings (SSSR count). The fourth-order valence-electron chi connectivity index (χ4n) is 1.94. The molecule has 0 amide bonds. The van der Waals surface area contributed by atoms with Crippen LogP contribution in [0.1, 0.15) is 0 Å². The van der Waals surface area contributed by atoms with Gasteiger partial charge in [0.15, 0.2) is 0 Å². The number of nitrogens with zero attached hydrogens (tertiary/aromatic N) is 3. The smallest absolute Gasteiger partial charge is 0.210 e. The van der Waals surface area contributed by atoms with Crippen molar-refractivity contribution in [1.82, 2.24) is 10.2 Å². The van der Waals surface area contributed by atoms with E-state index in [1.54, 1.807) is 11.3 Å². The topological polar surface area (TPSA) is 41.1 Å². The molecular formula is C16H16N4S. The van der Waals surface area contributed by atoms with Crippen LogP contribution in [0.5, 0.6) is 0 Å². The molecule has 0 spiro atoms. The number of hydrogen-bond donors (Lipinski definition) is 1. The molecule has 0 radical (unpaired) electrons.